The smallest absolute Gasteiger partial charge is 0.222 e. The van der Waals surface area contributed by atoms with Gasteiger partial charge in [-0.1, -0.05) is 30.9 Å². The summed E-state index contributed by atoms with van der Waals surface area (Å²) in [7, 11) is 0. The van der Waals surface area contributed by atoms with Gasteiger partial charge in [-0.05, 0) is 24.1 Å². The van der Waals surface area contributed by atoms with Crippen LogP contribution in [-0.2, 0) is 16.1 Å². The van der Waals surface area contributed by atoms with E-state index in [-0.39, 0.29) is 5.91 Å². The van der Waals surface area contributed by atoms with Gasteiger partial charge in [0, 0.05) is 25.1 Å². The lowest BCUT2D eigenvalue weighted by Crippen LogP contribution is -2.24. The molecule has 0 aliphatic carbocycles. The zero-order valence-corrected chi connectivity index (χ0v) is 11.9. The molecule has 1 aromatic rings. The molecule has 0 unspecified atom stereocenters. The van der Waals surface area contributed by atoms with Gasteiger partial charge in [-0.15, -0.1) is 0 Å². The molecule has 4 nitrogen and oxygen atoms in total. The van der Waals surface area contributed by atoms with Crippen LogP contribution in [0.4, 0.5) is 0 Å². The van der Waals surface area contributed by atoms with Gasteiger partial charge in [0.1, 0.15) is 0 Å². The number of nitrogens with one attached hydrogen (secondary N) is 1. The van der Waals surface area contributed by atoms with Crippen molar-refractivity contribution in [3.8, 4) is 11.8 Å². The summed E-state index contributed by atoms with van der Waals surface area (Å²) >= 11 is 0. The van der Waals surface area contributed by atoms with Gasteiger partial charge in [0.2, 0.25) is 5.91 Å². The molecule has 0 saturated heterocycles. The second-order valence-corrected chi connectivity index (χ2v) is 4.35. The summed E-state index contributed by atoms with van der Waals surface area (Å²) in [4.78, 5) is 11.6. The van der Waals surface area contributed by atoms with E-state index in [0.29, 0.717) is 32.7 Å². The van der Waals surface area contributed by atoms with E-state index in [9.17, 15) is 4.79 Å². The highest BCUT2D eigenvalue weighted by Crippen LogP contribution is 2.03. The third-order valence-corrected chi connectivity index (χ3v) is 2.57. The predicted molar refractivity (Wildman–Crippen MR) is 79.9 cm³/mol. The fourth-order valence-corrected chi connectivity index (χ4v) is 1.61. The summed E-state index contributed by atoms with van der Waals surface area (Å²) < 4.78 is 5.28. The van der Waals surface area contributed by atoms with Crippen LogP contribution in [-0.4, -0.2) is 25.7 Å². The lowest BCUT2D eigenvalue weighted by Gasteiger charge is -2.06. The topological polar surface area (TPSA) is 64.3 Å². The zero-order valence-electron chi connectivity index (χ0n) is 11.9. The Hall–Kier alpha value is -1.83. The first kappa shape index (κ1) is 16.2. The standard InChI is InChI=1S/C16H22N2O2/c1-2-10-20-11-8-16(19)18-13-15-6-3-5-14(12-15)7-4-9-17/h3,5-6,12H,2,8-11,13,17H2,1H3,(H,18,19). The molecule has 1 rings (SSSR count). The van der Waals surface area contributed by atoms with Crippen LogP contribution < -0.4 is 11.1 Å². The molecule has 0 spiro atoms. The zero-order chi connectivity index (χ0) is 14.6. The molecule has 0 aliphatic heterocycles. The third kappa shape index (κ3) is 6.93. The van der Waals surface area contributed by atoms with Gasteiger partial charge in [0.05, 0.1) is 13.2 Å². The van der Waals surface area contributed by atoms with Crippen molar-refractivity contribution in [1.82, 2.24) is 5.32 Å². The molecule has 108 valence electrons. The first-order chi connectivity index (χ1) is 9.76. The van der Waals surface area contributed by atoms with E-state index in [1.165, 1.54) is 0 Å². The van der Waals surface area contributed by atoms with E-state index in [2.05, 4.69) is 17.2 Å². The fourth-order valence-electron chi connectivity index (χ4n) is 1.61. The maximum atomic E-state index is 11.6. The van der Waals surface area contributed by atoms with Crippen molar-refractivity contribution >= 4 is 5.91 Å². The van der Waals surface area contributed by atoms with Crippen molar-refractivity contribution in [3.05, 3.63) is 35.4 Å². The van der Waals surface area contributed by atoms with Crippen LogP contribution in [0.15, 0.2) is 24.3 Å². The predicted octanol–water partition coefficient (Wildman–Crippen LogP) is 1.43. The summed E-state index contributed by atoms with van der Waals surface area (Å²) in [5, 5.41) is 2.87. The fraction of sp³-hybridized carbons (Fsp3) is 0.438. The molecule has 0 fully saturated rings. The highest BCUT2D eigenvalue weighted by atomic mass is 16.5. The first-order valence-electron chi connectivity index (χ1n) is 6.88. The summed E-state index contributed by atoms with van der Waals surface area (Å²) in [6.45, 7) is 4.07. The number of carbonyl (C=O) groups is 1. The summed E-state index contributed by atoms with van der Waals surface area (Å²) in [5.74, 6) is 5.78. The van der Waals surface area contributed by atoms with E-state index in [4.69, 9.17) is 10.5 Å². The molecule has 20 heavy (non-hydrogen) atoms. The minimum atomic E-state index is -0.000418. The molecule has 0 aliphatic rings. The molecule has 1 amide bonds. The largest absolute Gasteiger partial charge is 0.381 e. The monoisotopic (exact) mass is 274 g/mol. The van der Waals surface area contributed by atoms with Crippen LogP contribution >= 0.6 is 0 Å². The highest BCUT2D eigenvalue weighted by Gasteiger charge is 2.01. The SMILES string of the molecule is CCCOCCC(=O)NCc1cccc(C#CCN)c1. The number of hydrogen-bond acceptors (Lipinski definition) is 3. The molecule has 1 aromatic carbocycles. The van der Waals surface area contributed by atoms with Crippen LogP contribution in [0.2, 0.25) is 0 Å². The summed E-state index contributed by atoms with van der Waals surface area (Å²) in [6, 6.07) is 7.76. The third-order valence-electron chi connectivity index (χ3n) is 2.57. The van der Waals surface area contributed by atoms with Crippen LogP contribution in [0.5, 0.6) is 0 Å². The maximum absolute atomic E-state index is 11.6. The number of rotatable bonds is 7. The molecular formula is C16H22N2O2. The average molecular weight is 274 g/mol. The van der Waals surface area contributed by atoms with Crippen LogP contribution in [0.3, 0.4) is 0 Å². The van der Waals surface area contributed by atoms with Gasteiger partial charge < -0.3 is 15.8 Å². The number of ether oxygens (including phenoxy) is 1. The Labute approximate surface area is 120 Å². The van der Waals surface area contributed by atoms with Gasteiger partial charge in [0.15, 0.2) is 0 Å². The van der Waals surface area contributed by atoms with E-state index in [1.807, 2.05) is 31.2 Å². The Bertz CT molecular complexity index is 475. The molecule has 0 heterocycles. The van der Waals surface area contributed by atoms with Gasteiger partial charge in [-0.3, -0.25) is 4.79 Å². The number of hydrogen-bond donors (Lipinski definition) is 2. The quantitative estimate of drug-likeness (QED) is 0.584. The lowest BCUT2D eigenvalue weighted by atomic mass is 10.1. The normalized spacial score (nSPS) is 9.70. The van der Waals surface area contributed by atoms with Crippen molar-refractivity contribution in [2.24, 2.45) is 5.73 Å². The van der Waals surface area contributed by atoms with Gasteiger partial charge in [-0.2, -0.15) is 0 Å². The Morgan fingerprint density at radius 3 is 3.00 bits per heavy atom. The van der Waals surface area contributed by atoms with Crippen molar-refractivity contribution < 1.29 is 9.53 Å². The van der Waals surface area contributed by atoms with Crippen molar-refractivity contribution in [3.63, 3.8) is 0 Å². The molecule has 3 N–H and O–H groups in total. The van der Waals surface area contributed by atoms with E-state index in [1.54, 1.807) is 0 Å². The Kier molecular flexibility index (Phi) is 8.13. The minimum Gasteiger partial charge on any atom is -0.381 e. The molecule has 0 saturated carbocycles. The Morgan fingerprint density at radius 2 is 2.25 bits per heavy atom. The van der Waals surface area contributed by atoms with E-state index in [0.717, 1.165) is 17.5 Å². The first-order valence-corrected chi connectivity index (χ1v) is 6.88. The van der Waals surface area contributed by atoms with Gasteiger partial charge in [-0.25, -0.2) is 0 Å². The van der Waals surface area contributed by atoms with Crippen molar-refractivity contribution in [2.75, 3.05) is 19.8 Å². The molecule has 0 radical (unpaired) electrons. The average Bonchev–Trinajstić information content (AvgIpc) is 2.48. The van der Waals surface area contributed by atoms with Crippen LogP contribution in [0.25, 0.3) is 0 Å². The number of benzene rings is 1. The van der Waals surface area contributed by atoms with E-state index < -0.39 is 0 Å². The Morgan fingerprint density at radius 1 is 1.40 bits per heavy atom. The molecule has 0 bridgehead atoms. The summed E-state index contributed by atoms with van der Waals surface area (Å²) in [5.41, 5.74) is 7.27. The maximum Gasteiger partial charge on any atom is 0.222 e. The lowest BCUT2D eigenvalue weighted by molar-refractivity contribution is -0.122. The molecule has 0 atom stereocenters. The second-order valence-electron chi connectivity index (χ2n) is 4.35. The van der Waals surface area contributed by atoms with Crippen molar-refractivity contribution in [2.45, 2.75) is 26.3 Å². The molecule has 0 aromatic heterocycles. The van der Waals surface area contributed by atoms with Crippen LogP contribution in [0, 0.1) is 11.8 Å². The molecular weight excluding hydrogens is 252 g/mol. The van der Waals surface area contributed by atoms with Crippen LogP contribution in [0.1, 0.15) is 30.9 Å². The van der Waals surface area contributed by atoms with Gasteiger partial charge >= 0.3 is 0 Å². The molecule has 4 heteroatoms. The summed E-state index contributed by atoms with van der Waals surface area (Å²) in [6.07, 6.45) is 1.37. The van der Waals surface area contributed by atoms with Gasteiger partial charge in [0.25, 0.3) is 0 Å². The minimum absolute atomic E-state index is 0.000418. The van der Waals surface area contributed by atoms with E-state index >= 15 is 0 Å². The number of amides is 1. The highest BCUT2D eigenvalue weighted by molar-refractivity contribution is 5.75. The number of nitrogens with two attached hydrogens (primary N) is 1. The number of carbonyl (C=O) groups excluding carboxylic acids is 1. The van der Waals surface area contributed by atoms with Crippen molar-refractivity contribution in [1.29, 1.82) is 0 Å². The Balaban J connectivity index is 2.35. The second kappa shape index (κ2) is 10.0.